The van der Waals surface area contributed by atoms with Crippen molar-refractivity contribution in [2.24, 2.45) is 0 Å². The topological polar surface area (TPSA) is 82.3 Å². The number of nitriles is 1. The standard InChI is InChI=1S/C10H18N2O3/c1-10(2,3)15-9(14)12-8(7-13)5-4-6-11/h8,13H,4-5,7H2,1-3H3,(H,12,14)/t8-/m0/s1. The number of hydrogen-bond acceptors (Lipinski definition) is 4. The molecule has 0 aliphatic heterocycles. The Bertz CT molecular complexity index is 240. The summed E-state index contributed by atoms with van der Waals surface area (Å²) in [4.78, 5) is 11.3. The predicted molar refractivity (Wildman–Crippen MR) is 55.1 cm³/mol. The van der Waals surface area contributed by atoms with E-state index in [2.05, 4.69) is 5.32 Å². The maximum absolute atomic E-state index is 11.3. The van der Waals surface area contributed by atoms with Gasteiger partial charge in [-0.3, -0.25) is 0 Å². The Balaban J connectivity index is 3.97. The number of amides is 1. The second-order valence-electron chi connectivity index (χ2n) is 4.22. The van der Waals surface area contributed by atoms with Gasteiger partial charge in [-0.2, -0.15) is 5.26 Å². The second-order valence-corrected chi connectivity index (χ2v) is 4.22. The Hall–Kier alpha value is -1.28. The summed E-state index contributed by atoms with van der Waals surface area (Å²) >= 11 is 0. The fourth-order valence-corrected chi connectivity index (χ4v) is 0.922. The van der Waals surface area contributed by atoms with Gasteiger partial charge >= 0.3 is 6.09 Å². The SMILES string of the molecule is CC(C)(C)OC(=O)N[C@H](CO)CCC#N. The minimum absolute atomic E-state index is 0.194. The molecular weight excluding hydrogens is 196 g/mol. The van der Waals surface area contributed by atoms with Crippen LogP contribution in [0.25, 0.3) is 0 Å². The van der Waals surface area contributed by atoms with Crippen LogP contribution < -0.4 is 5.32 Å². The average Bonchev–Trinajstić information content (AvgIpc) is 2.09. The van der Waals surface area contributed by atoms with E-state index in [9.17, 15) is 4.79 Å². The van der Waals surface area contributed by atoms with Crippen LogP contribution in [0.5, 0.6) is 0 Å². The number of alkyl carbamates (subject to hydrolysis) is 1. The zero-order valence-electron chi connectivity index (χ0n) is 9.41. The zero-order chi connectivity index (χ0) is 11.9. The van der Waals surface area contributed by atoms with Crippen molar-refractivity contribution in [1.29, 1.82) is 5.26 Å². The van der Waals surface area contributed by atoms with E-state index in [1.165, 1.54) is 0 Å². The van der Waals surface area contributed by atoms with Crippen LogP contribution in [0.3, 0.4) is 0 Å². The number of rotatable bonds is 4. The number of ether oxygens (including phenoxy) is 1. The Morgan fingerprint density at radius 2 is 2.20 bits per heavy atom. The molecule has 0 fully saturated rings. The van der Waals surface area contributed by atoms with Crippen molar-refractivity contribution < 1.29 is 14.6 Å². The third-order valence-corrected chi connectivity index (χ3v) is 1.55. The lowest BCUT2D eigenvalue weighted by Crippen LogP contribution is -2.40. The van der Waals surface area contributed by atoms with Gasteiger partial charge < -0.3 is 15.2 Å². The number of carbonyl (C=O) groups excluding carboxylic acids is 1. The highest BCUT2D eigenvalue weighted by molar-refractivity contribution is 5.68. The van der Waals surface area contributed by atoms with Crippen LogP contribution >= 0.6 is 0 Å². The molecule has 1 atom stereocenters. The molecule has 1 amide bonds. The molecule has 0 aliphatic rings. The quantitative estimate of drug-likeness (QED) is 0.736. The van der Waals surface area contributed by atoms with Gasteiger partial charge in [-0.25, -0.2) is 4.79 Å². The largest absolute Gasteiger partial charge is 0.444 e. The van der Waals surface area contributed by atoms with Gasteiger partial charge in [0.25, 0.3) is 0 Å². The van der Waals surface area contributed by atoms with E-state index in [0.717, 1.165) is 0 Å². The summed E-state index contributed by atoms with van der Waals surface area (Å²) in [5, 5.41) is 19.8. The lowest BCUT2D eigenvalue weighted by Gasteiger charge is -2.22. The summed E-state index contributed by atoms with van der Waals surface area (Å²) < 4.78 is 5.01. The molecule has 0 bridgehead atoms. The van der Waals surface area contributed by atoms with Crippen LogP contribution in [-0.4, -0.2) is 29.4 Å². The van der Waals surface area contributed by atoms with Crippen molar-refractivity contribution in [3.05, 3.63) is 0 Å². The molecule has 0 saturated heterocycles. The molecule has 0 radical (unpaired) electrons. The smallest absolute Gasteiger partial charge is 0.407 e. The van der Waals surface area contributed by atoms with Crippen molar-refractivity contribution in [3.8, 4) is 6.07 Å². The van der Waals surface area contributed by atoms with Gasteiger partial charge in [0.05, 0.1) is 18.7 Å². The van der Waals surface area contributed by atoms with E-state index in [1.54, 1.807) is 20.8 Å². The van der Waals surface area contributed by atoms with Crippen molar-refractivity contribution in [2.45, 2.75) is 45.3 Å². The normalized spacial score (nSPS) is 12.7. The predicted octanol–water partition coefficient (Wildman–Crippen LogP) is 1.18. The second kappa shape index (κ2) is 6.25. The Morgan fingerprint density at radius 3 is 2.60 bits per heavy atom. The third-order valence-electron chi connectivity index (χ3n) is 1.55. The molecule has 0 aromatic carbocycles. The van der Waals surface area contributed by atoms with Gasteiger partial charge in [0, 0.05) is 6.42 Å². The van der Waals surface area contributed by atoms with Crippen molar-refractivity contribution in [2.75, 3.05) is 6.61 Å². The molecule has 0 aromatic rings. The number of aliphatic hydroxyl groups excluding tert-OH is 1. The highest BCUT2D eigenvalue weighted by Crippen LogP contribution is 2.07. The molecule has 0 aliphatic carbocycles. The van der Waals surface area contributed by atoms with Gasteiger partial charge in [0.15, 0.2) is 0 Å². The summed E-state index contributed by atoms with van der Waals surface area (Å²) in [6, 6.07) is 1.53. The summed E-state index contributed by atoms with van der Waals surface area (Å²) in [5.74, 6) is 0. The monoisotopic (exact) mass is 214 g/mol. The summed E-state index contributed by atoms with van der Waals surface area (Å²) in [5.41, 5.74) is -0.556. The molecular formula is C10H18N2O3. The highest BCUT2D eigenvalue weighted by atomic mass is 16.6. The molecule has 0 aromatic heterocycles. The van der Waals surface area contributed by atoms with Gasteiger partial charge in [0.2, 0.25) is 0 Å². The average molecular weight is 214 g/mol. The molecule has 0 spiro atoms. The molecule has 0 saturated carbocycles. The van der Waals surface area contributed by atoms with E-state index in [-0.39, 0.29) is 6.61 Å². The number of nitrogens with one attached hydrogen (secondary N) is 1. The zero-order valence-corrected chi connectivity index (χ0v) is 9.41. The van der Waals surface area contributed by atoms with Gasteiger partial charge in [-0.05, 0) is 27.2 Å². The van der Waals surface area contributed by atoms with Gasteiger partial charge in [-0.15, -0.1) is 0 Å². The van der Waals surface area contributed by atoms with E-state index >= 15 is 0 Å². The third kappa shape index (κ3) is 7.77. The maximum atomic E-state index is 11.3. The fraction of sp³-hybridized carbons (Fsp3) is 0.800. The van der Waals surface area contributed by atoms with Crippen molar-refractivity contribution in [3.63, 3.8) is 0 Å². The first kappa shape index (κ1) is 13.7. The van der Waals surface area contributed by atoms with Gasteiger partial charge in [-0.1, -0.05) is 0 Å². The first-order chi connectivity index (χ1) is 6.89. The molecule has 0 rings (SSSR count). The summed E-state index contributed by atoms with van der Waals surface area (Å²) in [6.07, 6.45) is 0.146. The van der Waals surface area contributed by atoms with E-state index in [0.29, 0.717) is 12.8 Å². The van der Waals surface area contributed by atoms with Crippen LogP contribution in [0, 0.1) is 11.3 Å². The number of carbonyl (C=O) groups is 1. The summed E-state index contributed by atoms with van der Waals surface area (Å²) in [6.45, 7) is 5.09. The molecule has 0 heterocycles. The van der Waals surface area contributed by atoms with Crippen molar-refractivity contribution in [1.82, 2.24) is 5.32 Å². The lowest BCUT2D eigenvalue weighted by molar-refractivity contribution is 0.0480. The Kier molecular flexibility index (Phi) is 5.72. The number of aliphatic hydroxyl groups is 1. The van der Waals surface area contributed by atoms with E-state index in [4.69, 9.17) is 15.1 Å². The first-order valence-electron chi connectivity index (χ1n) is 4.86. The maximum Gasteiger partial charge on any atom is 0.407 e. The summed E-state index contributed by atoms with van der Waals surface area (Å²) in [7, 11) is 0. The van der Waals surface area contributed by atoms with Crippen LogP contribution in [0.4, 0.5) is 4.79 Å². The highest BCUT2D eigenvalue weighted by Gasteiger charge is 2.18. The Labute approximate surface area is 90.0 Å². The van der Waals surface area contributed by atoms with Crippen LogP contribution in [0.1, 0.15) is 33.6 Å². The van der Waals surface area contributed by atoms with E-state index < -0.39 is 17.7 Å². The minimum Gasteiger partial charge on any atom is -0.444 e. The Morgan fingerprint density at radius 1 is 1.60 bits per heavy atom. The van der Waals surface area contributed by atoms with E-state index in [1.807, 2.05) is 6.07 Å². The van der Waals surface area contributed by atoms with Crippen LogP contribution in [-0.2, 0) is 4.74 Å². The van der Waals surface area contributed by atoms with Crippen LogP contribution in [0.2, 0.25) is 0 Å². The molecule has 2 N–H and O–H groups in total. The minimum atomic E-state index is -0.570. The fourth-order valence-electron chi connectivity index (χ4n) is 0.922. The molecule has 0 unspecified atom stereocenters. The first-order valence-corrected chi connectivity index (χ1v) is 4.86. The van der Waals surface area contributed by atoms with Crippen LogP contribution in [0.15, 0.2) is 0 Å². The molecule has 5 heteroatoms. The van der Waals surface area contributed by atoms with Crippen molar-refractivity contribution >= 4 is 6.09 Å². The van der Waals surface area contributed by atoms with Gasteiger partial charge in [0.1, 0.15) is 5.60 Å². The lowest BCUT2D eigenvalue weighted by atomic mass is 10.2. The number of hydrogen-bond donors (Lipinski definition) is 2. The number of nitrogens with zero attached hydrogens (tertiary/aromatic N) is 1. The molecule has 5 nitrogen and oxygen atoms in total. The molecule has 86 valence electrons. The molecule has 15 heavy (non-hydrogen) atoms.